The number of nitrogens with zero attached hydrogens (tertiary/aromatic N) is 1. The minimum Gasteiger partial charge on any atom is -0.490 e. The van der Waals surface area contributed by atoms with Gasteiger partial charge in [0.1, 0.15) is 11.9 Å². The zero-order valence-corrected chi connectivity index (χ0v) is 12.5. The van der Waals surface area contributed by atoms with Crippen molar-refractivity contribution in [3.8, 4) is 5.75 Å². The van der Waals surface area contributed by atoms with Crippen molar-refractivity contribution in [2.45, 2.75) is 31.2 Å². The fourth-order valence-electron chi connectivity index (χ4n) is 2.90. The average molecular weight is 328 g/mol. The lowest BCUT2D eigenvalue weighted by molar-refractivity contribution is -0.208. The van der Waals surface area contributed by atoms with Crippen molar-refractivity contribution in [3.05, 3.63) is 30.5 Å². The van der Waals surface area contributed by atoms with Crippen LogP contribution >= 0.6 is 0 Å². The number of aromatic amines is 1. The molecule has 1 unspecified atom stereocenters. The maximum absolute atomic E-state index is 12.4. The van der Waals surface area contributed by atoms with Crippen LogP contribution in [0.4, 0.5) is 13.2 Å². The first-order valence-corrected chi connectivity index (χ1v) is 7.63. The van der Waals surface area contributed by atoms with E-state index in [1.165, 1.54) is 0 Å². The normalized spacial score (nSPS) is 19.1. The molecule has 7 heteroatoms. The standard InChI is InChI=1S/C16H19F3N2O2/c17-16(18,19)15(22)10-21-8-5-11(6-9-21)23-14-3-1-2-13-12(14)4-7-20-13/h1-4,7,11,15,20,22H,5-6,8-10H2. The number of aliphatic hydroxyl groups is 1. The first kappa shape index (κ1) is 16.1. The van der Waals surface area contributed by atoms with Gasteiger partial charge in [-0.15, -0.1) is 0 Å². The Morgan fingerprint density at radius 1 is 1.26 bits per heavy atom. The Morgan fingerprint density at radius 2 is 2.00 bits per heavy atom. The highest BCUT2D eigenvalue weighted by Crippen LogP contribution is 2.28. The van der Waals surface area contributed by atoms with Gasteiger partial charge < -0.3 is 19.7 Å². The van der Waals surface area contributed by atoms with Crippen molar-refractivity contribution in [1.29, 1.82) is 0 Å². The minimum atomic E-state index is -4.56. The smallest absolute Gasteiger partial charge is 0.415 e. The lowest BCUT2D eigenvalue weighted by atomic mass is 10.1. The number of aromatic nitrogens is 1. The predicted molar refractivity (Wildman–Crippen MR) is 80.5 cm³/mol. The van der Waals surface area contributed by atoms with Crippen LogP contribution in [-0.4, -0.2) is 53.0 Å². The summed E-state index contributed by atoms with van der Waals surface area (Å²) in [7, 11) is 0. The van der Waals surface area contributed by atoms with Gasteiger partial charge in [0.05, 0.1) is 0 Å². The molecule has 2 heterocycles. The van der Waals surface area contributed by atoms with Crippen molar-refractivity contribution in [3.63, 3.8) is 0 Å². The molecule has 0 bridgehead atoms. The largest absolute Gasteiger partial charge is 0.490 e. The van der Waals surface area contributed by atoms with Crippen LogP contribution in [0.2, 0.25) is 0 Å². The number of likely N-dealkylation sites (tertiary alicyclic amines) is 1. The van der Waals surface area contributed by atoms with E-state index in [2.05, 4.69) is 4.98 Å². The fraction of sp³-hybridized carbons (Fsp3) is 0.500. The summed E-state index contributed by atoms with van der Waals surface area (Å²) in [6.07, 6.45) is -3.73. The average Bonchev–Trinajstić information content (AvgIpc) is 2.98. The number of hydrogen-bond donors (Lipinski definition) is 2. The highest BCUT2D eigenvalue weighted by Gasteiger charge is 2.39. The number of benzene rings is 1. The third-order valence-electron chi connectivity index (χ3n) is 4.19. The molecule has 0 aliphatic carbocycles. The van der Waals surface area contributed by atoms with Crippen molar-refractivity contribution >= 4 is 10.9 Å². The number of ether oxygens (including phenoxy) is 1. The Kier molecular flexibility index (Phi) is 4.50. The van der Waals surface area contributed by atoms with Crippen molar-refractivity contribution < 1.29 is 23.0 Å². The second-order valence-electron chi connectivity index (χ2n) is 5.87. The number of β-amino-alcohol motifs (C(OH)–C–C–N with tert-alkyl or cyclic N) is 1. The van der Waals surface area contributed by atoms with Crippen LogP contribution in [0.3, 0.4) is 0 Å². The van der Waals surface area contributed by atoms with Crippen LogP contribution < -0.4 is 4.74 Å². The predicted octanol–water partition coefficient (Wildman–Crippen LogP) is 2.93. The van der Waals surface area contributed by atoms with Gasteiger partial charge in [-0.3, -0.25) is 0 Å². The third-order valence-corrected chi connectivity index (χ3v) is 4.19. The molecular weight excluding hydrogens is 309 g/mol. The highest BCUT2D eigenvalue weighted by atomic mass is 19.4. The van der Waals surface area contributed by atoms with Gasteiger partial charge in [0.15, 0.2) is 6.10 Å². The van der Waals surface area contributed by atoms with Gasteiger partial charge in [-0.1, -0.05) is 6.07 Å². The second-order valence-corrected chi connectivity index (χ2v) is 5.87. The highest BCUT2D eigenvalue weighted by molar-refractivity contribution is 5.85. The topological polar surface area (TPSA) is 48.5 Å². The van der Waals surface area contributed by atoms with Crippen LogP contribution in [0.1, 0.15) is 12.8 Å². The van der Waals surface area contributed by atoms with Gasteiger partial charge >= 0.3 is 6.18 Å². The lowest BCUT2D eigenvalue weighted by Crippen LogP contribution is -2.45. The molecule has 0 radical (unpaired) electrons. The molecular formula is C16H19F3N2O2. The van der Waals surface area contributed by atoms with E-state index in [1.807, 2.05) is 30.5 Å². The molecule has 126 valence electrons. The number of rotatable bonds is 4. The van der Waals surface area contributed by atoms with E-state index in [-0.39, 0.29) is 12.6 Å². The summed E-state index contributed by atoms with van der Waals surface area (Å²) in [6, 6.07) is 7.71. The molecule has 1 aromatic carbocycles. The molecule has 0 spiro atoms. The van der Waals surface area contributed by atoms with Crippen LogP contribution in [0, 0.1) is 0 Å². The first-order chi connectivity index (χ1) is 10.9. The monoisotopic (exact) mass is 328 g/mol. The van der Waals surface area contributed by atoms with E-state index >= 15 is 0 Å². The third kappa shape index (κ3) is 3.79. The number of alkyl halides is 3. The number of halogens is 3. The Balaban J connectivity index is 1.54. The Hall–Kier alpha value is -1.73. The maximum atomic E-state index is 12.4. The Labute approximate surface area is 131 Å². The summed E-state index contributed by atoms with van der Waals surface area (Å²) in [4.78, 5) is 4.75. The van der Waals surface area contributed by atoms with Gasteiger partial charge in [0.2, 0.25) is 0 Å². The van der Waals surface area contributed by atoms with E-state index in [0.717, 1.165) is 16.7 Å². The van der Waals surface area contributed by atoms with E-state index in [1.54, 1.807) is 4.90 Å². The molecule has 1 aliphatic rings. The van der Waals surface area contributed by atoms with E-state index in [0.29, 0.717) is 25.9 Å². The van der Waals surface area contributed by atoms with Crippen LogP contribution in [0.15, 0.2) is 30.5 Å². The summed E-state index contributed by atoms with van der Waals surface area (Å²) in [5.41, 5.74) is 0.994. The van der Waals surface area contributed by atoms with Gasteiger partial charge in [-0.25, -0.2) is 0 Å². The van der Waals surface area contributed by atoms with E-state index in [9.17, 15) is 13.2 Å². The number of nitrogens with one attached hydrogen (secondary N) is 1. The molecule has 0 saturated carbocycles. The van der Waals surface area contributed by atoms with Crippen LogP contribution in [-0.2, 0) is 0 Å². The molecule has 1 saturated heterocycles. The van der Waals surface area contributed by atoms with Crippen LogP contribution in [0.25, 0.3) is 10.9 Å². The van der Waals surface area contributed by atoms with Crippen LogP contribution in [0.5, 0.6) is 5.75 Å². The zero-order valence-electron chi connectivity index (χ0n) is 12.5. The SMILES string of the molecule is OC(CN1CCC(Oc2cccc3[nH]ccc23)CC1)C(F)(F)F. The number of fused-ring (bicyclic) bond motifs is 1. The molecule has 2 N–H and O–H groups in total. The maximum Gasteiger partial charge on any atom is 0.415 e. The molecule has 2 aromatic rings. The lowest BCUT2D eigenvalue weighted by Gasteiger charge is -2.33. The second kappa shape index (κ2) is 6.41. The number of piperidine rings is 1. The Morgan fingerprint density at radius 3 is 2.70 bits per heavy atom. The van der Waals surface area contributed by atoms with E-state index in [4.69, 9.17) is 9.84 Å². The van der Waals surface area contributed by atoms with Gasteiger partial charge in [-0.2, -0.15) is 13.2 Å². The molecule has 4 nitrogen and oxygen atoms in total. The van der Waals surface area contributed by atoms with Gasteiger partial charge in [0, 0.05) is 36.7 Å². The van der Waals surface area contributed by atoms with Gasteiger partial charge in [0.25, 0.3) is 0 Å². The summed E-state index contributed by atoms with van der Waals surface area (Å²) in [5, 5.41) is 10.1. The zero-order chi connectivity index (χ0) is 16.4. The fourth-order valence-corrected chi connectivity index (χ4v) is 2.90. The molecule has 1 fully saturated rings. The molecule has 23 heavy (non-hydrogen) atoms. The number of H-pyrrole nitrogens is 1. The van der Waals surface area contributed by atoms with Crippen molar-refractivity contribution in [1.82, 2.24) is 9.88 Å². The minimum absolute atomic E-state index is 0.0187. The summed E-state index contributed by atoms with van der Waals surface area (Å²) in [6.45, 7) is 0.603. The summed E-state index contributed by atoms with van der Waals surface area (Å²) >= 11 is 0. The molecule has 3 rings (SSSR count). The summed E-state index contributed by atoms with van der Waals surface area (Å²) in [5.74, 6) is 0.789. The van der Waals surface area contributed by atoms with Gasteiger partial charge in [-0.05, 0) is 31.0 Å². The van der Waals surface area contributed by atoms with Crippen molar-refractivity contribution in [2.75, 3.05) is 19.6 Å². The van der Waals surface area contributed by atoms with E-state index < -0.39 is 12.3 Å². The summed E-state index contributed by atoms with van der Waals surface area (Å²) < 4.78 is 43.2. The van der Waals surface area contributed by atoms with Crippen molar-refractivity contribution in [2.24, 2.45) is 0 Å². The Bertz CT molecular complexity index is 648. The number of aliphatic hydroxyl groups excluding tert-OH is 1. The molecule has 1 atom stereocenters. The molecule has 0 amide bonds. The quantitative estimate of drug-likeness (QED) is 0.907. The molecule has 1 aromatic heterocycles. The molecule has 1 aliphatic heterocycles. The first-order valence-electron chi connectivity index (χ1n) is 7.63. The number of hydrogen-bond acceptors (Lipinski definition) is 3.